The molecule has 2 nitrogen and oxygen atoms in total. The maximum absolute atomic E-state index is 5.97. The summed E-state index contributed by atoms with van der Waals surface area (Å²) in [6, 6.07) is 3.72. The first-order chi connectivity index (χ1) is 6.20. The van der Waals surface area contributed by atoms with E-state index in [2.05, 4.69) is 4.98 Å². The maximum Gasteiger partial charge on any atom is 0.0621 e. The van der Waals surface area contributed by atoms with Crippen LogP contribution in [-0.4, -0.2) is 10.5 Å². The van der Waals surface area contributed by atoms with Gasteiger partial charge in [-0.3, -0.25) is 4.98 Å². The highest BCUT2D eigenvalue weighted by Gasteiger charge is 2.37. The number of pyridine rings is 1. The SMILES string of the molecule is NC1(CCc2ncccc2Cl)CC1. The van der Waals surface area contributed by atoms with Crippen molar-refractivity contribution in [3.63, 3.8) is 0 Å². The van der Waals surface area contributed by atoms with Crippen LogP contribution in [0.4, 0.5) is 0 Å². The molecule has 1 saturated carbocycles. The van der Waals surface area contributed by atoms with Crippen molar-refractivity contribution >= 4 is 11.6 Å². The standard InChI is InChI=1S/C10H13ClN2/c11-8-2-1-7-13-9(8)3-4-10(12)5-6-10/h1-2,7H,3-6,12H2. The number of nitrogens with two attached hydrogens (primary N) is 1. The van der Waals surface area contributed by atoms with Crippen molar-refractivity contribution in [2.75, 3.05) is 0 Å². The minimum Gasteiger partial charge on any atom is -0.325 e. The molecule has 0 atom stereocenters. The first kappa shape index (κ1) is 8.97. The third-order valence-electron chi connectivity index (χ3n) is 2.59. The van der Waals surface area contributed by atoms with Gasteiger partial charge in [0.1, 0.15) is 0 Å². The molecule has 3 heteroatoms. The summed E-state index contributed by atoms with van der Waals surface area (Å²) in [4.78, 5) is 4.22. The van der Waals surface area contributed by atoms with Crippen molar-refractivity contribution < 1.29 is 0 Å². The Kier molecular flexibility index (Phi) is 2.26. The van der Waals surface area contributed by atoms with Crippen LogP contribution >= 0.6 is 11.6 Å². The molecule has 1 heterocycles. The number of rotatable bonds is 3. The highest BCUT2D eigenvalue weighted by Crippen LogP contribution is 2.36. The van der Waals surface area contributed by atoms with E-state index in [-0.39, 0.29) is 5.54 Å². The molecule has 2 N–H and O–H groups in total. The third kappa shape index (κ3) is 2.20. The molecule has 0 radical (unpaired) electrons. The van der Waals surface area contributed by atoms with Gasteiger partial charge in [0.2, 0.25) is 0 Å². The molecule has 0 spiro atoms. The molecular formula is C10H13ClN2. The molecule has 1 aliphatic rings. The van der Waals surface area contributed by atoms with Crippen LogP contribution in [0.5, 0.6) is 0 Å². The second kappa shape index (κ2) is 3.28. The van der Waals surface area contributed by atoms with Gasteiger partial charge in [-0.1, -0.05) is 11.6 Å². The van der Waals surface area contributed by atoms with E-state index < -0.39 is 0 Å². The van der Waals surface area contributed by atoms with Crippen molar-refractivity contribution in [3.8, 4) is 0 Å². The van der Waals surface area contributed by atoms with Gasteiger partial charge >= 0.3 is 0 Å². The Labute approximate surface area is 83.1 Å². The summed E-state index contributed by atoms with van der Waals surface area (Å²) in [5.74, 6) is 0. The maximum atomic E-state index is 5.97. The van der Waals surface area contributed by atoms with E-state index in [9.17, 15) is 0 Å². The van der Waals surface area contributed by atoms with E-state index in [1.54, 1.807) is 6.20 Å². The molecule has 1 aliphatic carbocycles. The van der Waals surface area contributed by atoms with Crippen LogP contribution in [0.25, 0.3) is 0 Å². The van der Waals surface area contributed by atoms with Gasteiger partial charge in [0.25, 0.3) is 0 Å². The molecular weight excluding hydrogens is 184 g/mol. The Hall–Kier alpha value is -0.600. The molecule has 0 unspecified atom stereocenters. The minimum atomic E-state index is 0.0981. The summed E-state index contributed by atoms with van der Waals surface area (Å²) in [5, 5.41) is 0.756. The Bertz CT molecular complexity index is 308. The Morgan fingerprint density at radius 1 is 1.54 bits per heavy atom. The van der Waals surface area contributed by atoms with Crippen LogP contribution in [0.15, 0.2) is 18.3 Å². The summed E-state index contributed by atoms with van der Waals surface area (Å²) < 4.78 is 0. The van der Waals surface area contributed by atoms with E-state index in [1.807, 2.05) is 12.1 Å². The molecule has 0 aromatic carbocycles. The number of hydrogen-bond acceptors (Lipinski definition) is 2. The lowest BCUT2D eigenvalue weighted by Gasteiger charge is -2.07. The van der Waals surface area contributed by atoms with Gasteiger partial charge in [-0.2, -0.15) is 0 Å². The predicted octanol–water partition coefficient (Wildman–Crippen LogP) is 2.16. The van der Waals surface area contributed by atoms with Gasteiger partial charge in [-0.15, -0.1) is 0 Å². The third-order valence-corrected chi connectivity index (χ3v) is 2.93. The quantitative estimate of drug-likeness (QED) is 0.805. The molecule has 2 rings (SSSR count). The highest BCUT2D eigenvalue weighted by molar-refractivity contribution is 6.31. The lowest BCUT2D eigenvalue weighted by Crippen LogP contribution is -2.22. The summed E-state index contributed by atoms with van der Waals surface area (Å²) in [6.45, 7) is 0. The van der Waals surface area contributed by atoms with Gasteiger partial charge < -0.3 is 5.73 Å². The monoisotopic (exact) mass is 196 g/mol. The molecule has 13 heavy (non-hydrogen) atoms. The zero-order chi connectivity index (χ0) is 9.31. The summed E-state index contributed by atoms with van der Waals surface area (Å²) in [5.41, 5.74) is 7.04. The Morgan fingerprint density at radius 2 is 2.31 bits per heavy atom. The fraction of sp³-hybridized carbons (Fsp3) is 0.500. The smallest absolute Gasteiger partial charge is 0.0621 e. The number of hydrogen-bond donors (Lipinski definition) is 1. The van der Waals surface area contributed by atoms with Crippen LogP contribution in [-0.2, 0) is 6.42 Å². The van der Waals surface area contributed by atoms with Crippen LogP contribution in [0, 0.1) is 0 Å². The van der Waals surface area contributed by atoms with Crippen LogP contribution in [0.2, 0.25) is 5.02 Å². The van der Waals surface area contributed by atoms with E-state index in [0.29, 0.717) is 0 Å². The molecule has 0 bridgehead atoms. The summed E-state index contributed by atoms with van der Waals surface area (Å²) >= 11 is 5.97. The number of nitrogens with zero attached hydrogens (tertiary/aromatic N) is 1. The van der Waals surface area contributed by atoms with Gasteiger partial charge in [-0.25, -0.2) is 0 Å². The first-order valence-corrected chi connectivity index (χ1v) is 4.96. The molecule has 0 aliphatic heterocycles. The molecule has 1 fully saturated rings. The lowest BCUT2D eigenvalue weighted by atomic mass is 10.1. The van der Waals surface area contributed by atoms with Crippen LogP contribution in [0.1, 0.15) is 25.0 Å². The van der Waals surface area contributed by atoms with Crippen molar-refractivity contribution in [1.29, 1.82) is 0 Å². The van der Waals surface area contributed by atoms with E-state index >= 15 is 0 Å². The number of aromatic nitrogens is 1. The summed E-state index contributed by atoms with van der Waals surface area (Å²) in [7, 11) is 0. The van der Waals surface area contributed by atoms with Crippen LogP contribution < -0.4 is 5.73 Å². The average Bonchev–Trinajstić information content (AvgIpc) is 2.83. The van der Waals surface area contributed by atoms with Gasteiger partial charge in [0.15, 0.2) is 0 Å². The Balaban J connectivity index is 1.97. The zero-order valence-electron chi connectivity index (χ0n) is 7.46. The largest absolute Gasteiger partial charge is 0.325 e. The molecule has 0 saturated heterocycles. The topological polar surface area (TPSA) is 38.9 Å². The first-order valence-electron chi connectivity index (χ1n) is 4.58. The number of halogens is 1. The fourth-order valence-corrected chi connectivity index (χ4v) is 1.60. The molecule has 1 aromatic heterocycles. The van der Waals surface area contributed by atoms with Crippen molar-refractivity contribution in [3.05, 3.63) is 29.0 Å². The highest BCUT2D eigenvalue weighted by atomic mass is 35.5. The molecule has 0 amide bonds. The predicted molar refractivity (Wildman–Crippen MR) is 53.7 cm³/mol. The van der Waals surface area contributed by atoms with Gasteiger partial charge in [-0.05, 0) is 37.8 Å². The fourth-order valence-electron chi connectivity index (χ4n) is 1.38. The van der Waals surface area contributed by atoms with Crippen LogP contribution in [0.3, 0.4) is 0 Å². The zero-order valence-corrected chi connectivity index (χ0v) is 8.22. The van der Waals surface area contributed by atoms with Gasteiger partial charge in [0, 0.05) is 11.7 Å². The van der Waals surface area contributed by atoms with Crippen molar-refractivity contribution in [2.45, 2.75) is 31.2 Å². The molecule has 70 valence electrons. The molecule has 1 aromatic rings. The van der Waals surface area contributed by atoms with E-state index in [0.717, 1.165) is 36.4 Å². The normalized spacial score (nSPS) is 18.6. The van der Waals surface area contributed by atoms with E-state index in [4.69, 9.17) is 17.3 Å². The second-order valence-electron chi connectivity index (χ2n) is 3.79. The van der Waals surface area contributed by atoms with Gasteiger partial charge in [0.05, 0.1) is 10.7 Å². The summed E-state index contributed by atoms with van der Waals surface area (Å²) in [6.07, 6.45) is 5.98. The Morgan fingerprint density at radius 3 is 2.92 bits per heavy atom. The number of aryl methyl sites for hydroxylation is 1. The van der Waals surface area contributed by atoms with Crippen molar-refractivity contribution in [1.82, 2.24) is 4.98 Å². The van der Waals surface area contributed by atoms with Crippen molar-refractivity contribution in [2.24, 2.45) is 5.73 Å². The second-order valence-corrected chi connectivity index (χ2v) is 4.20. The lowest BCUT2D eigenvalue weighted by molar-refractivity contribution is 0.603. The average molecular weight is 197 g/mol. The minimum absolute atomic E-state index is 0.0981. The van der Waals surface area contributed by atoms with E-state index in [1.165, 1.54) is 0 Å².